The van der Waals surface area contributed by atoms with Gasteiger partial charge in [-0.25, -0.2) is 0 Å². The fourth-order valence-electron chi connectivity index (χ4n) is 7.02. The van der Waals surface area contributed by atoms with E-state index in [-0.39, 0.29) is 28.3 Å². The molecule has 124 valence electrons. The molecular formula is C20H32O2. The minimum Gasteiger partial charge on any atom is -0.392 e. The van der Waals surface area contributed by atoms with Crippen LogP contribution in [0.25, 0.3) is 0 Å². The lowest BCUT2D eigenvalue weighted by atomic mass is 9.46. The van der Waals surface area contributed by atoms with E-state index in [9.17, 15) is 9.90 Å². The van der Waals surface area contributed by atoms with Crippen LogP contribution in [0.15, 0.2) is 0 Å². The largest absolute Gasteiger partial charge is 0.392 e. The number of hydrogen-bond acceptors (Lipinski definition) is 2. The minimum absolute atomic E-state index is 0.104. The van der Waals surface area contributed by atoms with E-state index in [2.05, 4.69) is 34.6 Å². The lowest BCUT2D eigenvalue weighted by molar-refractivity contribution is -0.172. The Bertz CT molecular complexity index is 526. The van der Waals surface area contributed by atoms with Gasteiger partial charge in [-0.1, -0.05) is 34.6 Å². The van der Waals surface area contributed by atoms with Crippen molar-refractivity contribution in [2.75, 3.05) is 0 Å². The average molecular weight is 304 g/mol. The molecule has 22 heavy (non-hydrogen) atoms. The van der Waals surface area contributed by atoms with Gasteiger partial charge in [0, 0.05) is 17.8 Å². The standard InChI is InChI=1S/C20H32O2/c1-11(2)13-6-7-18(3)10-14(21)20(5)9-12-8-19(12,4)17(22)16(20)15(13)18/h11-13,15-17,22H,6-10H2,1-5H3/t12-,13+,15-,16+,17+,18-,19-,20-/m1/s1. The highest BCUT2D eigenvalue weighted by Crippen LogP contribution is 2.73. The molecule has 0 spiro atoms. The molecule has 0 unspecified atom stereocenters. The number of carbonyl (C=O) groups is 1. The van der Waals surface area contributed by atoms with E-state index in [1.54, 1.807) is 0 Å². The van der Waals surface area contributed by atoms with Gasteiger partial charge >= 0.3 is 0 Å². The number of carbonyl (C=O) groups excluding carboxylic acids is 1. The quantitative estimate of drug-likeness (QED) is 0.793. The molecule has 0 aromatic heterocycles. The van der Waals surface area contributed by atoms with Crippen LogP contribution >= 0.6 is 0 Å². The van der Waals surface area contributed by atoms with Gasteiger partial charge in [0.05, 0.1) is 6.10 Å². The average Bonchev–Trinajstić information content (AvgIpc) is 2.94. The lowest BCUT2D eigenvalue weighted by Gasteiger charge is -2.57. The van der Waals surface area contributed by atoms with Crippen molar-refractivity contribution in [3.05, 3.63) is 0 Å². The summed E-state index contributed by atoms with van der Waals surface area (Å²) in [5.74, 6) is 3.09. The molecule has 0 bridgehead atoms. The summed E-state index contributed by atoms with van der Waals surface area (Å²) in [6, 6.07) is 0. The van der Waals surface area contributed by atoms with E-state index < -0.39 is 0 Å². The number of fused-ring (bicyclic) bond motifs is 4. The predicted molar refractivity (Wildman–Crippen MR) is 87.2 cm³/mol. The molecule has 8 atom stereocenters. The van der Waals surface area contributed by atoms with Gasteiger partial charge in [0.25, 0.3) is 0 Å². The van der Waals surface area contributed by atoms with Crippen molar-refractivity contribution < 1.29 is 9.90 Å². The molecule has 2 nitrogen and oxygen atoms in total. The summed E-state index contributed by atoms with van der Waals surface area (Å²) in [5, 5.41) is 11.3. The highest BCUT2D eigenvalue weighted by molar-refractivity contribution is 5.87. The van der Waals surface area contributed by atoms with Gasteiger partial charge in [-0.2, -0.15) is 0 Å². The Morgan fingerprint density at radius 3 is 2.45 bits per heavy atom. The fraction of sp³-hybridized carbons (Fsp3) is 0.950. The van der Waals surface area contributed by atoms with Crippen molar-refractivity contribution >= 4 is 5.78 Å². The summed E-state index contributed by atoms with van der Waals surface area (Å²) in [5.41, 5.74) is -0.0240. The summed E-state index contributed by atoms with van der Waals surface area (Å²) in [4.78, 5) is 13.1. The van der Waals surface area contributed by atoms with Crippen molar-refractivity contribution in [1.82, 2.24) is 0 Å². The molecule has 0 radical (unpaired) electrons. The second-order valence-corrected chi connectivity index (χ2v) is 10.2. The maximum Gasteiger partial charge on any atom is 0.139 e. The van der Waals surface area contributed by atoms with Crippen LogP contribution in [0.4, 0.5) is 0 Å². The normalized spacial score (nSPS) is 60.0. The molecule has 4 aliphatic rings. The van der Waals surface area contributed by atoms with Crippen molar-refractivity contribution in [3.63, 3.8) is 0 Å². The number of Topliss-reactive ketones (excluding diaryl/α,β-unsaturated/α-hetero) is 1. The highest BCUT2D eigenvalue weighted by Gasteiger charge is 2.72. The summed E-state index contributed by atoms with van der Waals surface area (Å²) in [7, 11) is 0. The van der Waals surface area contributed by atoms with Crippen LogP contribution in [0.5, 0.6) is 0 Å². The van der Waals surface area contributed by atoms with Crippen LogP contribution < -0.4 is 0 Å². The van der Waals surface area contributed by atoms with E-state index in [4.69, 9.17) is 0 Å². The van der Waals surface area contributed by atoms with Gasteiger partial charge < -0.3 is 5.11 Å². The van der Waals surface area contributed by atoms with E-state index >= 15 is 0 Å². The Kier molecular flexibility index (Phi) is 2.88. The van der Waals surface area contributed by atoms with Gasteiger partial charge in [0.1, 0.15) is 5.78 Å². The third-order valence-corrected chi connectivity index (χ3v) is 8.64. The van der Waals surface area contributed by atoms with Gasteiger partial charge in [-0.05, 0) is 60.2 Å². The van der Waals surface area contributed by atoms with Gasteiger partial charge in [0.15, 0.2) is 0 Å². The van der Waals surface area contributed by atoms with Gasteiger partial charge in [0.2, 0.25) is 0 Å². The van der Waals surface area contributed by atoms with Crippen LogP contribution in [0.1, 0.15) is 66.7 Å². The molecule has 1 N–H and O–H groups in total. The first-order valence-electron chi connectivity index (χ1n) is 9.35. The van der Waals surface area contributed by atoms with Crippen molar-refractivity contribution in [3.8, 4) is 0 Å². The molecule has 4 rings (SSSR count). The molecule has 4 aliphatic carbocycles. The van der Waals surface area contributed by atoms with E-state index in [0.717, 1.165) is 19.3 Å². The van der Waals surface area contributed by atoms with Gasteiger partial charge in [-0.15, -0.1) is 0 Å². The van der Waals surface area contributed by atoms with Crippen molar-refractivity contribution in [2.45, 2.75) is 72.8 Å². The maximum atomic E-state index is 13.1. The molecule has 2 heteroatoms. The lowest BCUT2D eigenvalue weighted by Crippen LogP contribution is -2.60. The Labute approximate surface area is 135 Å². The maximum absolute atomic E-state index is 13.1. The summed E-state index contributed by atoms with van der Waals surface area (Å²) >= 11 is 0. The molecular weight excluding hydrogens is 272 g/mol. The Hall–Kier alpha value is -0.370. The smallest absolute Gasteiger partial charge is 0.139 e. The Morgan fingerprint density at radius 2 is 1.82 bits per heavy atom. The third-order valence-electron chi connectivity index (χ3n) is 8.64. The van der Waals surface area contributed by atoms with Crippen LogP contribution in [0.3, 0.4) is 0 Å². The Morgan fingerprint density at radius 1 is 1.14 bits per heavy atom. The topological polar surface area (TPSA) is 37.3 Å². The second-order valence-electron chi connectivity index (χ2n) is 10.2. The zero-order valence-corrected chi connectivity index (χ0v) is 14.9. The molecule has 0 saturated heterocycles. The number of hydrogen-bond donors (Lipinski definition) is 1. The van der Waals surface area contributed by atoms with Crippen LogP contribution in [-0.2, 0) is 4.79 Å². The second kappa shape index (κ2) is 4.18. The van der Waals surface area contributed by atoms with Crippen LogP contribution in [0, 0.1) is 45.8 Å². The minimum atomic E-state index is -0.274. The zero-order valence-electron chi connectivity index (χ0n) is 14.9. The third kappa shape index (κ3) is 1.63. The molecule has 0 aliphatic heterocycles. The molecule has 0 amide bonds. The number of aliphatic hydroxyl groups is 1. The number of rotatable bonds is 1. The van der Waals surface area contributed by atoms with E-state index in [1.165, 1.54) is 12.8 Å². The first-order chi connectivity index (χ1) is 10.1. The molecule has 0 aromatic rings. The highest BCUT2D eigenvalue weighted by atomic mass is 16.3. The first-order valence-corrected chi connectivity index (χ1v) is 9.35. The van der Waals surface area contributed by atoms with E-state index in [1.807, 2.05) is 0 Å². The molecule has 0 heterocycles. The SMILES string of the molecule is CC(C)[C@@H]1CC[C@]2(C)CC(=O)[C@@]3(C)C[C@H]4C[C@@]4(C)[C@@H](O)[C@@H]3[C@@H]12. The Balaban J connectivity index is 1.81. The number of aliphatic hydroxyl groups excluding tert-OH is 1. The molecule has 0 aromatic carbocycles. The predicted octanol–water partition coefficient (Wildman–Crippen LogP) is 4.06. The van der Waals surface area contributed by atoms with Gasteiger partial charge in [-0.3, -0.25) is 4.79 Å². The molecule has 4 saturated carbocycles. The monoisotopic (exact) mass is 304 g/mol. The summed E-state index contributed by atoms with van der Waals surface area (Å²) in [6.07, 6.45) is 5.05. The van der Waals surface area contributed by atoms with Crippen LogP contribution in [0.2, 0.25) is 0 Å². The fourth-order valence-corrected chi connectivity index (χ4v) is 7.02. The van der Waals surface area contributed by atoms with Crippen molar-refractivity contribution in [2.24, 2.45) is 45.8 Å². The summed E-state index contributed by atoms with van der Waals surface area (Å²) < 4.78 is 0. The first kappa shape index (κ1) is 15.2. The van der Waals surface area contributed by atoms with Crippen LogP contribution in [-0.4, -0.2) is 17.0 Å². The van der Waals surface area contributed by atoms with E-state index in [0.29, 0.717) is 29.5 Å². The van der Waals surface area contributed by atoms with Crippen molar-refractivity contribution in [1.29, 1.82) is 0 Å². The summed E-state index contributed by atoms with van der Waals surface area (Å²) in [6.45, 7) is 11.5. The zero-order chi connectivity index (χ0) is 16.1. The number of ketones is 1. The molecule has 4 fully saturated rings.